The number of nitrogens with zero attached hydrogens (tertiary/aromatic N) is 3. The van der Waals surface area contributed by atoms with Crippen molar-refractivity contribution in [2.45, 2.75) is 38.1 Å². The van der Waals surface area contributed by atoms with Crippen molar-refractivity contribution >= 4 is 5.91 Å². The van der Waals surface area contributed by atoms with Gasteiger partial charge in [0, 0.05) is 18.8 Å². The number of carbonyl (C=O) groups excluding carboxylic acids is 1. The van der Waals surface area contributed by atoms with Crippen molar-refractivity contribution in [3.63, 3.8) is 0 Å². The zero-order chi connectivity index (χ0) is 22.9. The van der Waals surface area contributed by atoms with Crippen LogP contribution >= 0.6 is 0 Å². The van der Waals surface area contributed by atoms with Crippen molar-refractivity contribution in [1.82, 2.24) is 14.9 Å². The van der Waals surface area contributed by atoms with Gasteiger partial charge in [-0.1, -0.05) is 6.07 Å². The number of ether oxygens (including phenoxy) is 1. The fourth-order valence-electron chi connectivity index (χ4n) is 3.75. The summed E-state index contributed by atoms with van der Waals surface area (Å²) in [5, 5.41) is 0. The second-order valence-corrected chi connectivity index (χ2v) is 7.42. The molecule has 0 spiro atoms. The molecule has 168 valence electrons. The summed E-state index contributed by atoms with van der Waals surface area (Å²) in [5.74, 6) is -1.02. The molecule has 3 heterocycles. The van der Waals surface area contributed by atoms with Crippen LogP contribution < -0.4 is 4.74 Å². The summed E-state index contributed by atoms with van der Waals surface area (Å²) in [5.41, 5.74) is -0.793. The largest absolute Gasteiger partial charge is 0.472 e. The van der Waals surface area contributed by atoms with Crippen LogP contribution in [0.15, 0.2) is 53.4 Å². The number of likely N-dealkylation sites (tertiary alicyclic amines) is 1. The predicted molar refractivity (Wildman–Crippen MR) is 105 cm³/mol. The number of hydrogen-bond donors (Lipinski definition) is 0. The van der Waals surface area contributed by atoms with Gasteiger partial charge in [0.1, 0.15) is 18.2 Å². The maximum absolute atomic E-state index is 14.5. The predicted octanol–water partition coefficient (Wildman–Crippen LogP) is 4.97. The lowest BCUT2D eigenvalue weighted by molar-refractivity contribution is -0.137. The molecule has 6 nitrogen and oxygen atoms in total. The number of halogens is 4. The standard InChI is InChI=1S/C22H19F4N3O3/c1-13-17(32-18-8-7-14(12-28-18)22(24,25)26)6-3-10-29(13)21(30)15-4-2-5-16(23)19(15)20-27-9-11-31-20/h2,4-5,7-9,11-13,17H,3,6,10H2,1H3. The van der Waals surface area contributed by atoms with Gasteiger partial charge in [-0.3, -0.25) is 4.79 Å². The number of pyridine rings is 1. The normalized spacial score (nSPS) is 19.1. The van der Waals surface area contributed by atoms with E-state index in [4.69, 9.17) is 9.15 Å². The van der Waals surface area contributed by atoms with E-state index in [0.717, 1.165) is 12.1 Å². The van der Waals surface area contributed by atoms with Crippen molar-refractivity contribution in [2.75, 3.05) is 6.54 Å². The molecule has 1 aliphatic heterocycles. The second-order valence-electron chi connectivity index (χ2n) is 7.42. The molecule has 1 fully saturated rings. The summed E-state index contributed by atoms with van der Waals surface area (Å²) in [6, 6.07) is 5.78. The Kier molecular flexibility index (Phi) is 5.86. The SMILES string of the molecule is CC1C(Oc2ccc(C(F)(F)F)cn2)CCCN1C(=O)c1cccc(F)c1-c1ncco1. The Bertz CT molecular complexity index is 1080. The minimum atomic E-state index is -4.49. The number of hydrogen-bond acceptors (Lipinski definition) is 5. The van der Waals surface area contributed by atoms with Crippen LogP contribution in [-0.2, 0) is 6.18 Å². The maximum Gasteiger partial charge on any atom is 0.417 e. The van der Waals surface area contributed by atoms with E-state index in [0.29, 0.717) is 25.6 Å². The smallest absolute Gasteiger partial charge is 0.417 e. The number of amides is 1. The Morgan fingerprint density at radius 2 is 2.03 bits per heavy atom. The highest BCUT2D eigenvalue weighted by molar-refractivity contribution is 6.00. The third kappa shape index (κ3) is 4.30. The van der Waals surface area contributed by atoms with E-state index in [2.05, 4.69) is 9.97 Å². The van der Waals surface area contributed by atoms with Crippen LogP contribution in [-0.4, -0.2) is 39.5 Å². The lowest BCUT2D eigenvalue weighted by Crippen LogP contribution is -2.51. The first-order valence-electron chi connectivity index (χ1n) is 9.95. The van der Waals surface area contributed by atoms with Gasteiger partial charge in [0.05, 0.1) is 28.9 Å². The molecule has 10 heteroatoms. The summed E-state index contributed by atoms with van der Waals surface area (Å²) in [6.07, 6.45) is -0.426. The fraction of sp³-hybridized carbons (Fsp3) is 0.318. The highest BCUT2D eigenvalue weighted by Crippen LogP contribution is 2.31. The molecule has 0 bridgehead atoms. The minimum absolute atomic E-state index is 0.00198. The van der Waals surface area contributed by atoms with E-state index in [1.807, 2.05) is 0 Å². The summed E-state index contributed by atoms with van der Waals surface area (Å²) in [6.45, 7) is 2.19. The van der Waals surface area contributed by atoms with Crippen LogP contribution in [0.5, 0.6) is 5.88 Å². The third-order valence-electron chi connectivity index (χ3n) is 5.40. The number of alkyl halides is 3. The molecular formula is C22H19F4N3O3. The monoisotopic (exact) mass is 449 g/mol. The topological polar surface area (TPSA) is 68.5 Å². The molecule has 1 aromatic carbocycles. The molecule has 2 atom stereocenters. The Morgan fingerprint density at radius 1 is 1.22 bits per heavy atom. The Balaban J connectivity index is 1.55. The van der Waals surface area contributed by atoms with Crippen molar-refractivity contribution in [2.24, 2.45) is 0 Å². The molecule has 4 rings (SSSR count). The van der Waals surface area contributed by atoms with Crippen molar-refractivity contribution in [1.29, 1.82) is 0 Å². The van der Waals surface area contributed by atoms with Crippen LogP contribution in [0.4, 0.5) is 17.6 Å². The third-order valence-corrected chi connectivity index (χ3v) is 5.40. The zero-order valence-corrected chi connectivity index (χ0v) is 17.0. The van der Waals surface area contributed by atoms with Gasteiger partial charge in [-0.15, -0.1) is 0 Å². The van der Waals surface area contributed by atoms with Crippen molar-refractivity contribution in [3.05, 3.63) is 65.9 Å². The van der Waals surface area contributed by atoms with Crippen LogP contribution in [0.25, 0.3) is 11.5 Å². The van der Waals surface area contributed by atoms with Gasteiger partial charge in [-0.2, -0.15) is 13.2 Å². The van der Waals surface area contributed by atoms with E-state index in [1.54, 1.807) is 11.8 Å². The highest BCUT2D eigenvalue weighted by Gasteiger charge is 2.35. The summed E-state index contributed by atoms with van der Waals surface area (Å²) < 4.78 is 63.8. The number of benzene rings is 1. The highest BCUT2D eigenvalue weighted by atomic mass is 19.4. The molecule has 3 aromatic rings. The number of oxazole rings is 1. The molecule has 2 aromatic heterocycles. The molecular weight excluding hydrogens is 430 g/mol. The van der Waals surface area contributed by atoms with Gasteiger partial charge >= 0.3 is 6.18 Å². The molecule has 1 aliphatic rings. The van der Waals surface area contributed by atoms with Gasteiger partial charge in [0.2, 0.25) is 11.8 Å². The van der Waals surface area contributed by atoms with Crippen LogP contribution in [0.1, 0.15) is 35.7 Å². The van der Waals surface area contributed by atoms with Crippen molar-refractivity contribution in [3.8, 4) is 17.3 Å². The van der Waals surface area contributed by atoms with Gasteiger partial charge in [-0.05, 0) is 38.0 Å². The van der Waals surface area contributed by atoms with Crippen LogP contribution in [0.3, 0.4) is 0 Å². The fourth-order valence-corrected chi connectivity index (χ4v) is 3.75. The van der Waals surface area contributed by atoms with E-state index in [1.165, 1.54) is 30.7 Å². The lowest BCUT2D eigenvalue weighted by atomic mass is 9.97. The Morgan fingerprint density at radius 3 is 2.69 bits per heavy atom. The van der Waals surface area contributed by atoms with Crippen LogP contribution in [0, 0.1) is 5.82 Å². The summed E-state index contributed by atoms with van der Waals surface area (Å²) in [7, 11) is 0. The maximum atomic E-state index is 14.5. The summed E-state index contributed by atoms with van der Waals surface area (Å²) in [4.78, 5) is 22.6. The molecule has 0 radical (unpaired) electrons. The zero-order valence-electron chi connectivity index (χ0n) is 17.0. The lowest BCUT2D eigenvalue weighted by Gasteiger charge is -2.39. The van der Waals surface area contributed by atoms with E-state index < -0.39 is 35.6 Å². The Labute approximate surface area is 180 Å². The van der Waals surface area contributed by atoms with E-state index in [-0.39, 0.29) is 22.9 Å². The van der Waals surface area contributed by atoms with Gasteiger partial charge in [0.15, 0.2) is 0 Å². The first-order valence-corrected chi connectivity index (χ1v) is 9.95. The molecule has 32 heavy (non-hydrogen) atoms. The average Bonchev–Trinajstić information content (AvgIpc) is 3.29. The molecule has 1 saturated heterocycles. The van der Waals surface area contributed by atoms with Crippen molar-refractivity contribution < 1.29 is 31.5 Å². The quantitative estimate of drug-likeness (QED) is 0.527. The molecule has 1 amide bonds. The average molecular weight is 449 g/mol. The number of aromatic nitrogens is 2. The Hall–Kier alpha value is -3.43. The minimum Gasteiger partial charge on any atom is -0.472 e. The molecule has 2 unspecified atom stereocenters. The number of rotatable bonds is 4. The molecule has 0 saturated carbocycles. The van der Waals surface area contributed by atoms with Gasteiger partial charge < -0.3 is 14.1 Å². The number of carbonyl (C=O) groups is 1. The molecule has 0 N–H and O–H groups in total. The first-order chi connectivity index (χ1) is 15.3. The van der Waals surface area contributed by atoms with E-state index >= 15 is 0 Å². The number of piperidine rings is 1. The summed E-state index contributed by atoms with van der Waals surface area (Å²) >= 11 is 0. The van der Waals surface area contributed by atoms with E-state index in [9.17, 15) is 22.4 Å². The van der Waals surface area contributed by atoms with Gasteiger partial charge in [-0.25, -0.2) is 14.4 Å². The van der Waals surface area contributed by atoms with Crippen LogP contribution in [0.2, 0.25) is 0 Å². The second kappa shape index (κ2) is 8.60. The first kappa shape index (κ1) is 21.8. The molecule has 0 aliphatic carbocycles. The van der Waals surface area contributed by atoms with Gasteiger partial charge in [0.25, 0.3) is 5.91 Å².